The van der Waals surface area contributed by atoms with Crippen molar-refractivity contribution in [3.8, 4) is 5.75 Å². The first kappa shape index (κ1) is 16.8. The van der Waals surface area contributed by atoms with E-state index in [0.717, 1.165) is 5.69 Å². The fourth-order valence-electron chi connectivity index (χ4n) is 2.03. The fourth-order valence-corrected chi connectivity index (χ4v) is 2.19. The van der Waals surface area contributed by atoms with Crippen LogP contribution in [-0.4, -0.2) is 23.9 Å². The summed E-state index contributed by atoms with van der Waals surface area (Å²) in [7, 11) is 1.43. The third-order valence-corrected chi connectivity index (χ3v) is 3.40. The zero-order chi connectivity index (χ0) is 17.0. The Labute approximate surface area is 138 Å². The van der Waals surface area contributed by atoms with E-state index >= 15 is 0 Å². The topological polar surface area (TPSA) is 80.3 Å². The first-order valence-electron chi connectivity index (χ1n) is 6.81. The number of rotatable bonds is 3. The number of aryl methyl sites for hydroxylation is 2. The molecule has 1 aromatic heterocycles. The molecule has 0 unspecified atom stereocenters. The van der Waals surface area contributed by atoms with Gasteiger partial charge in [0.25, 0.3) is 11.8 Å². The van der Waals surface area contributed by atoms with Crippen LogP contribution in [0, 0.1) is 13.8 Å². The summed E-state index contributed by atoms with van der Waals surface area (Å²) < 4.78 is 5.10. The molecule has 0 bridgehead atoms. The Hall–Kier alpha value is -2.60. The molecule has 0 spiro atoms. The standard InChI is InChI=1S/C16H16ClN3O3/c1-9-4-6-12(10(2)18-9)15(21)19-20-16(22)13-7-5-11(17)8-14(13)23-3/h4-8H,1-3H3,(H,19,21)(H,20,22). The van der Waals surface area contributed by atoms with Gasteiger partial charge in [0.05, 0.1) is 23.9 Å². The summed E-state index contributed by atoms with van der Waals surface area (Å²) >= 11 is 5.85. The Morgan fingerprint density at radius 2 is 1.65 bits per heavy atom. The summed E-state index contributed by atoms with van der Waals surface area (Å²) in [5.41, 5.74) is 6.75. The number of halogens is 1. The van der Waals surface area contributed by atoms with Gasteiger partial charge in [-0.2, -0.15) is 0 Å². The minimum atomic E-state index is -0.510. The number of nitrogens with one attached hydrogen (secondary N) is 2. The van der Waals surface area contributed by atoms with Gasteiger partial charge in [-0.25, -0.2) is 0 Å². The number of ether oxygens (including phenoxy) is 1. The van der Waals surface area contributed by atoms with E-state index in [0.29, 0.717) is 22.0 Å². The number of amides is 2. The predicted molar refractivity (Wildman–Crippen MR) is 86.6 cm³/mol. The summed E-state index contributed by atoms with van der Waals surface area (Å²) in [6.07, 6.45) is 0. The second-order valence-electron chi connectivity index (χ2n) is 4.84. The second kappa shape index (κ2) is 7.11. The van der Waals surface area contributed by atoms with Crippen LogP contribution in [0.1, 0.15) is 32.1 Å². The van der Waals surface area contributed by atoms with E-state index < -0.39 is 11.8 Å². The van der Waals surface area contributed by atoms with Crippen LogP contribution < -0.4 is 15.6 Å². The molecule has 2 aromatic rings. The maximum atomic E-state index is 12.1. The molecule has 0 aliphatic rings. The average molecular weight is 334 g/mol. The maximum absolute atomic E-state index is 12.1. The molecule has 0 aliphatic heterocycles. The third-order valence-electron chi connectivity index (χ3n) is 3.17. The summed E-state index contributed by atoms with van der Waals surface area (Å²) in [6, 6.07) is 7.98. The smallest absolute Gasteiger partial charge is 0.273 e. The highest BCUT2D eigenvalue weighted by atomic mass is 35.5. The van der Waals surface area contributed by atoms with E-state index in [-0.39, 0.29) is 5.56 Å². The van der Waals surface area contributed by atoms with E-state index in [1.54, 1.807) is 25.1 Å². The second-order valence-corrected chi connectivity index (χ2v) is 5.27. The maximum Gasteiger partial charge on any atom is 0.273 e. The van der Waals surface area contributed by atoms with Gasteiger partial charge in [-0.3, -0.25) is 25.4 Å². The van der Waals surface area contributed by atoms with Crippen molar-refractivity contribution in [2.45, 2.75) is 13.8 Å². The van der Waals surface area contributed by atoms with E-state index in [2.05, 4.69) is 15.8 Å². The Morgan fingerprint density at radius 3 is 2.26 bits per heavy atom. The van der Waals surface area contributed by atoms with E-state index in [1.165, 1.54) is 19.2 Å². The highest BCUT2D eigenvalue weighted by Gasteiger charge is 2.15. The molecule has 0 radical (unpaired) electrons. The van der Waals surface area contributed by atoms with Crippen molar-refractivity contribution in [2.24, 2.45) is 0 Å². The predicted octanol–water partition coefficient (Wildman–Crippen LogP) is 2.44. The van der Waals surface area contributed by atoms with Gasteiger partial charge in [0.15, 0.2) is 0 Å². The zero-order valence-corrected chi connectivity index (χ0v) is 13.7. The molecule has 0 saturated heterocycles. The average Bonchev–Trinajstić information content (AvgIpc) is 2.52. The number of hydrogen-bond acceptors (Lipinski definition) is 4. The number of carbonyl (C=O) groups is 2. The lowest BCUT2D eigenvalue weighted by molar-refractivity contribution is 0.0844. The molecule has 6 nitrogen and oxygen atoms in total. The van der Waals surface area contributed by atoms with Crippen molar-refractivity contribution >= 4 is 23.4 Å². The minimum absolute atomic E-state index is 0.260. The number of hydrazine groups is 1. The summed E-state index contributed by atoms with van der Waals surface area (Å²) in [6.45, 7) is 3.56. The Bertz CT molecular complexity index is 762. The molecule has 0 fully saturated rings. The molecule has 2 amide bonds. The normalized spacial score (nSPS) is 10.1. The van der Waals surface area contributed by atoms with Crippen LogP contribution in [0.5, 0.6) is 5.75 Å². The molecule has 23 heavy (non-hydrogen) atoms. The van der Waals surface area contributed by atoms with Gasteiger partial charge in [-0.05, 0) is 44.2 Å². The summed E-state index contributed by atoms with van der Waals surface area (Å²) in [5, 5.41) is 0.448. The SMILES string of the molecule is COc1cc(Cl)ccc1C(=O)NNC(=O)c1ccc(C)nc1C. The lowest BCUT2D eigenvalue weighted by Crippen LogP contribution is -2.42. The summed E-state index contributed by atoms with van der Waals surface area (Å²) in [4.78, 5) is 28.5. The number of nitrogens with zero attached hydrogens (tertiary/aromatic N) is 1. The van der Waals surface area contributed by atoms with Crippen LogP contribution in [0.25, 0.3) is 0 Å². The van der Waals surface area contributed by atoms with Gasteiger partial charge in [0.2, 0.25) is 0 Å². The number of carbonyl (C=O) groups excluding carboxylic acids is 2. The number of pyridine rings is 1. The first-order chi connectivity index (χ1) is 10.9. The molecule has 7 heteroatoms. The van der Waals surface area contributed by atoms with E-state index in [9.17, 15) is 9.59 Å². The Kier molecular flexibility index (Phi) is 5.18. The lowest BCUT2D eigenvalue weighted by Gasteiger charge is -2.11. The molecule has 0 atom stereocenters. The Balaban J connectivity index is 2.08. The van der Waals surface area contributed by atoms with Crippen molar-refractivity contribution in [3.63, 3.8) is 0 Å². The molecule has 0 aliphatic carbocycles. The van der Waals surface area contributed by atoms with Gasteiger partial charge in [0, 0.05) is 10.7 Å². The van der Waals surface area contributed by atoms with Crippen LogP contribution in [-0.2, 0) is 0 Å². The van der Waals surface area contributed by atoms with Crippen LogP contribution in [0.15, 0.2) is 30.3 Å². The van der Waals surface area contributed by atoms with Gasteiger partial charge in [0.1, 0.15) is 5.75 Å². The van der Waals surface area contributed by atoms with Crippen LogP contribution >= 0.6 is 11.6 Å². The van der Waals surface area contributed by atoms with Crippen molar-refractivity contribution in [2.75, 3.05) is 7.11 Å². The number of benzene rings is 1. The van der Waals surface area contributed by atoms with Crippen LogP contribution in [0.3, 0.4) is 0 Å². The molecule has 0 saturated carbocycles. The van der Waals surface area contributed by atoms with Crippen LogP contribution in [0.2, 0.25) is 5.02 Å². The molecule has 120 valence electrons. The third kappa shape index (κ3) is 3.98. The summed E-state index contributed by atoms with van der Waals surface area (Å²) in [5.74, 6) is -0.640. The monoisotopic (exact) mass is 333 g/mol. The van der Waals surface area contributed by atoms with Crippen molar-refractivity contribution in [3.05, 3.63) is 57.9 Å². The zero-order valence-electron chi connectivity index (χ0n) is 12.9. The van der Waals surface area contributed by atoms with E-state index in [1.807, 2.05) is 6.92 Å². The van der Waals surface area contributed by atoms with Gasteiger partial charge < -0.3 is 4.74 Å². The molecule has 2 N–H and O–H groups in total. The molecular weight excluding hydrogens is 318 g/mol. The van der Waals surface area contributed by atoms with Crippen molar-refractivity contribution in [1.82, 2.24) is 15.8 Å². The number of aromatic nitrogens is 1. The molecular formula is C16H16ClN3O3. The number of methoxy groups -OCH3 is 1. The number of hydrogen-bond donors (Lipinski definition) is 2. The quantitative estimate of drug-likeness (QED) is 0.845. The molecule has 2 rings (SSSR count). The first-order valence-corrected chi connectivity index (χ1v) is 7.18. The fraction of sp³-hybridized carbons (Fsp3) is 0.188. The highest BCUT2D eigenvalue weighted by Crippen LogP contribution is 2.22. The largest absolute Gasteiger partial charge is 0.496 e. The van der Waals surface area contributed by atoms with Crippen LogP contribution in [0.4, 0.5) is 0 Å². The highest BCUT2D eigenvalue weighted by molar-refractivity contribution is 6.30. The van der Waals surface area contributed by atoms with Crippen molar-refractivity contribution < 1.29 is 14.3 Å². The van der Waals surface area contributed by atoms with Gasteiger partial charge in [-0.15, -0.1) is 0 Å². The lowest BCUT2D eigenvalue weighted by atomic mass is 10.2. The van der Waals surface area contributed by atoms with E-state index in [4.69, 9.17) is 16.3 Å². The van der Waals surface area contributed by atoms with Gasteiger partial charge >= 0.3 is 0 Å². The van der Waals surface area contributed by atoms with Crippen molar-refractivity contribution in [1.29, 1.82) is 0 Å². The molecule has 1 heterocycles. The Morgan fingerprint density at radius 1 is 1.04 bits per heavy atom. The molecule has 1 aromatic carbocycles. The van der Waals surface area contributed by atoms with Gasteiger partial charge in [-0.1, -0.05) is 11.6 Å². The minimum Gasteiger partial charge on any atom is -0.496 e.